The highest BCUT2D eigenvalue weighted by atomic mass is 32.1. The van der Waals surface area contributed by atoms with Crippen molar-refractivity contribution in [3.8, 4) is 11.3 Å². The number of thiocarbonyl (C=S) groups is 1. The van der Waals surface area contributed by atoms with Crippen LogP contribution in [0.3, 0.4) is 0 Å². The highest BCUT2D eigenvalue weighted by molar-refractivity contribution is 7.80. The Morgan fingerprint density at radius 2 is 1.48 bits per heavy atom. The molecule has 1 amide bonds. The molecule has 1 aromatic heterocycles. The second kappa shape index (κ2) is 10.1. The van der Waals surface area contributed by atoms with Crippen molar-refractivity contribution in [2.24, 2.45) is 0 Å². The molecule has 0 spiro atoms. The first-order valence-electron chi connectivity index (χ1n) is 9.83. The summed E-state index contributed by atoms with van der Waals surface area (Å²) in [5.74, 6) is -1.22. The van der Waals surface area contributed by atoms with Gasteiger partial charge in [-0.1, -0.05) is 12.1 Å². The number of furan rings is 1. The fourth-order valence-corrected chi connectivity index (χ4v) is 3.22. The van der Waals surface area contributed by atoms with Crippen LogP contribution in [0.15, 0.2) is 52.9 Å². The van der Waals surface area contributed by atoms with Crippen molar-refractivity contribution in [2.45, 2.75) is 13.8 Å². The molecule has 33 heavy (non-hydrogen) atoms. The standard InChI is InChI=1S/C24H22N2O6S/c1-13-5-6-15(9-14(13)2)19-7-8-20(32-19)21(27)26-24(33)25-18-11-16(22(28)30-3)10-17(12-18)23(29)31-4/h5-12H,1-4H3,(H2,25,26,27,33). The molecule has 0 aliphatic carbocycles. The van der Waals surface area contributed by atoms with E-state index in [1.54, 1.807) is 12.1 Å². The fourth-order valence-electron chi connectivity index (χ4n) is 3.01. The van der Waals surface area contributed by atoms with Crippen LogP contribution >= 0.6 is 12.2 Å². The molecule has 8 nitrogen and oxygen atoms in total. The molecule has 3 aromatic rings. The zero-order valence-corrected chi connectivity index (χ0v) is 19.3. The lowest BCUT2D eigenvalue weighted by molar-refractivity contribution is 0.0599. The van der Waals surface area contributed by atoms with E-state index in [0.29, 0.717) is 11.4 Å². The molecule has 1 heterocycles. The number of methoxy groups -OCH3 is 2. The fraction of sp³-hybridized carbons (Fsp3) is 0.167. The highest BCUT2D eigenvalue weighted by Gasteiger charge is 2.17. The summed E-state index contributed by atoms with van der Waals surface area (Å²) in [4.78, 5) is 36.4. The lowest BCUT2D eigenvalue weighted by atomic mass is 10.1. The van der Waals surface area contributed by atoms with Gasteiger partial charge < -0.3 is 19.2 Å². The molecule has 0 aliphatic rings. The molecule has 2 aromatic carbocycles. The predicted octanol–water partition coefficient (Wildman–Crippen LogP) is 4.26. The molecule has 9 heteroatoms. The van der Waals surface area contributed by atoms with Crippen LogP contribution < -0.4 is 10.6 Å². The van der Waals surface area contributed by atoms with Gasteiger partial charge in [0.2, 0.25) is 0 Å². The van der Waals surface area contributed by atoms with Crippen molar-refractivity contribution in [1.29, 1.82) is 0 Å². The van der Waals surface area contributed by atoms with Crippen molar-refractivity contribution >= 4 is 40.9 Å². The predicted molar refractivity (Wildman–Crippen MR) is 126 cm³/mol. The SMILES string of the molecule is COC(=O)c1cc(NC(=S)NC(=O)c2ccc(-c3ccc(C)c(C)c3)o2)cc(C(=O)OC)c1. The van der Waals surface area contributed by atoms with E-state index in [1.807, 2.05) is 32.0 Å². The minimum atomic E-state index is -0.645. The molecule has 0 atom stereocenters. The van der Waals surface area contributed by atoms with Gasteiger partial charge in [-0.05, 0) is 73.6 Å². The number of esters is 2. The quantitative estimate of drug-likeness (QED) is 0.424. The van der Waals surface area contributed by atoms with Gasteiger partial charge in [0, 0.05) is 11.3 Å². The lowest BCUT2D eigenvalue weighted by Crippen LogP contribution is -2.34. The topological polar surface area (TPSA) is 107 Å². The number of aryl methyl sites for hydroxylation is 2. The number of hydrogen-bond acceptors (Lipinski definition) is 7. The zero-order valence-electron chi connectivity index (χ0n) is 18.5. The van der Waals surface area contributed by atoms with Gasteiger partial charge in [0.05, 0.1) is 25.3 Å². The van der Waals surface area contributed by atoms with Crippen molar-refractivity contribution in [3.05, 3.63) is 76.5 Å². The molecular formula is C24H22N2O6S. The van der Waals surface area contributed by atoms with Crippen LogP contribution in [-0.2, 0) is 9.47 Å². The van der Waals surface area contributed by atoms with Crippen molar-refractivity contribution < 1.29 is 28.3 Å². The summed E-state index contributed by atoms with van der Waals surface area (Å²) in [7, 11) is 2.45. The minimum absolute atomic E-state index is 0.0537. The monoisotopic (exact) mass is 466 g/mol. The number of ether oxygens (including phenoxy) is 2. The van der Waals surface area contributed by atoms with Crippen molar-refractivity contribution in [1.82, 2.24) is 5.32 Å². The van der Waals surface area contributed by atoms with Crippen LogP contribution in [0.2, 0.25) is 0 Å². The first kappa shape index (κ1) is 23.7. The van der Waals surface area contributed by atoms with E-state index in [0.717, 1.165) is 16.7 Å². The van der Waals surface area contributed by atoms with E-state index in [1.165, 1.54) is 32.4 Å². The summed E-state index contributed by atoms with van der Waals surface area (Å²) in [6, 6.07) is 13.3. The molecule has 0 saturated heterocycles. The van der Waals surface area contributed by atoms with Crippen LogP contribution in [0.1, 0.15) is 42.4 Å². The third-order valence-corrected chi connectivity index (χ3v) is 5.09. The number of anilines is 1. The van der Waals surface area contributed by atoms with Gasteiger partial charge in [-0.25, -0.2) is 9.59 Å². The number of rotatable bonds is 5. The average molecular weight is 467 g/mol. The Bertz CT molecular complexity index is 1210. The summed E-state index contributed by atoms with van der Waals surface area (Å²) >= 11 is 5.20. The number of benzene rings is 2. The third kappa shape index (κ3) is 5.64. The first-order valence-corrected chi connectivity index (χ1v) is 10.2. The van der Waals surface area contributed by atoms with Crippen molar-refractivity contribution in [3.63, 3.8) is 0 Å². The molecule has 3 rings (SSSR count). The van der Waals surface area contributed by atoms with Crippen LogP contribution in [-0.4, -0.2) is 37.2 Å². The normalized spacial score (nSPS) is 10.3. The molecule has 0 radical (unpaired) electrons. The molecule has 0 unspecified atom stereocenters. The summed E-state index contributed by atoms with van der Waals surface area (Å²) in [5.41, 5.74) is 3.64. The number of hydrogen-bond donors (Lipinski definition) is 2. The van der Waals surface area contributed by atoms with Gasteiger partial charge in [0.25, 0.3) is 5.91 Å². The lowest BCUT2D eigenvalue weighted by Gasteiger charge is -2.11. The first-order chi connectivity index (χ1) is 15.7. The Morgan fingerprint density at radius 3 is 2.06 bits per heavy atom. The van der Waals surface area contributed by atoms with Crippen LogP contribution in [0.25, 0.3) is 11.3 Å². The number of carbonyl (C=O) groups excluding carboxylic acids is 3. The zero-order chi connectivity index (χ0) is 24.1. The Balaban J connectivity index is 1.74. The van der Waals surface area contributed by atoms with E-state index >= 15 is 0 Å². The largest absolute Gasteiger partial charge is 0.465 e. The molecule has 0 aliphatic heterocycles. The highest BCUT2D eigenvalue weighted by Crippen LogP contribution is 2.24. The summed E-state index contributed by atoms with van der Waals surface area (Å²) in [5, 5.41) is 5.23. The summed E-state index contributed by atoms with van der Waals surface area (Å²) in [6.07, 6.45) is 0. The third-order valence-electron chi connectivity index (χ3n) is 4.88. The Kier molecular flexibility index (Phi) is 7.24. The number of carbonyl (C=O) groups is 3. The van der Waals surface area contributed by atoms with Gasteiger partial charge >= 0.3 is 11.9 Å². The van der Waals surface area contributed by atoms with Gasteiger partial charge in [0.1, 0.15) is 5.76 Å². The van der Waals surface area contributed by atoms with Gasteiger partial charge in [-0.3, -0.25) is 10.1 Å². The van der Waals surface area contributed by atoms with Gasteiger partial charge in [-0.2, -0.15) is 0 Å². The Hall–Kier alpha value is -3.98. The van der Waals surface area contributed by atoms with Gasteiger partial charge in [0.15, 0.2) is 10.9 Å². The smallest absolute Gasteiger partial charge is 0.337 e. The Labute approximate surface area is 195 Å². The van der Waals surface area contributed by atoms with Gasteiger partial charge in [-0.15, -0.1) is 0 Å². The molecule has 0 bridgehead atoms. The van der Waals surface area contributed by atoms with Crippen LogP contribution in [0, 0.1) is 13.8 Å². The average Bonchev–Trinajstić information content (AvgIpc) is 3.30. The number of nitrogens with one attached hydrogen (secondary N) is 2. The molecule has 0 saturated carbocycles. The van der Waals surface area contributed by atoms with E-state index in [4.69, 9.17) is 26.1 Å². The summed E-state index contributed by atoms with van der Waals surface area (Å²) in [6.45, 7) is 4.02. The Morgan fingerprint density at radius 1 is 0.848 bits per heavy atom. The maximum Gasteiger partial charge on any atom is 0.337 e. The van der Waals surface area contributed by atoms with E-state index in [2.05, 4.69) is 10.6 Å². The second-order valence-corrected chi connectivity index (χ2v) is 7.56. The second-order valence-electron chi connectivity index (χ2n) is 7.15. The minimum Gasteiger partial charge on any atom is -0.465 e. The number of amides is 1. The van der Waals surface area contributed by atoms with E-state index in [-0.39, 0.29) is 22.0 Å². The summed E-state index contributed by atoms with van der Waals surface area (Å²) < 4.78 is 15.1. The molecule has 0 fully saturated rings. The van der Waals surface area contributed by atoms with E-state index < -0.39 is 17.8 Å². The van der Waals surface area contributed by atoms with Crippen LogP contribution in [0.4, 0.5) is 5.69 Å². The molecule has 170 valence electrons. The van der Waals surface area contributed by atoms with E-state index in [9.17, 15) is 14.4 Å². The maximum absolute atomic E-state index is 12.6. The van der Waals surface area contributed by atoms with Crippen LogP contribution in [0.5, 0.6) is 0 Å². The molecular weight excluding hydrogens is 444 g/mol. The maximum atomic E-state index is 12.6. The molecule has 2 N–H and O–H groups in total. The van der Waals surface area contributed by atoms with Crippen molar-refractivity contribution in [2.75, 3.05) is 19.5 Å².